The zero-order valence-electron chi connectivity index (χ0n) is 13.2. The highest BCUT2D eigenvalue weighted by atomic mass is 16.6. The van der Waals surface area contributed by atoms with E-state index in [0.29, 0.717) is 6.04 Å². The molecule has 1 aromatic carbocycles. The van der Waals surface area contributed by atoms with Crippen LogP contribution in [0.2, 0.25) is 0 Å². The molecule has 0 spiro atoms. The van der Waals surface area contributed by atoms with E-state index in [1.165, 1.54) is 0 Å². The minimum absolute atomic E-state index is 0.170. The van der Waals surface area contributed by atoms with Gasteiger partial charge < -0.3 is 20.7 Å². The minimum atomic E-state index is -0.614. The van der Waals surface area contributed by atoms with Gasteiger partial charge in [0.25, 0.3) is 0 Å². The molecule has 126 valence electrons. The fraction of sp³-hybridized carbons (Fsp3) is 0.333. The van der Waals surface area contributed by atoms with Gasteiger partial charge in [-0.15, -0.1) is 0 Å². The summed E-state index contributed by atoms with van der Waals surface area (Å²) in [5, 5.41) is 13.7. The third kappa shape index (κ3) is 3.35. The first-order valence-corrected chi connectivity index (χ1v) is 7.53. The number of nitrogens with two attached hydrogens (primary N) is 1. The molecule has 0 aliphatic carbocycles. The number of benzene rings is 1. The summed E-state index contributed by atoms with van der Waals surface area (Å²) >= 11 is 0. The van der Waals surface area contributed by atoms with E-state index >= 15 is 0 Å². The van der Waals surface area contributed by atoms with E-state index < -0.39 is 4.92 Å². The van der Waals surface area contributed by atoms with Gasteiger partial charge >= 0.3 is 5.69 Å². The normalized spacial score (nSPS) is 17.5. The third-order valence-corrected chi connectivity index (χ3v) is 3.82. The molecule has 0 radical (unpaired) electrons. The molecule has 0 saturated carbocycles. The Kier molecular flexibility index (Phi) is 4.43. The van der Waals surface area contributed by atoms with Crippen LogP contribution >= 0.6 is 0 Å². The number of nitrogen functional groups attached to an aromatic ring is 1. The van der Waals surface area contributed by atoms with Crippen LogP contribution in [-0.4, -0.2) is 40.7 Å². The lowest BCUT2D eigenvalue weighted by molar-refractivity contribution is -0.384. The molecule has 3 N–H and O–H groups in total. The number of rotatable bonds is 4. The number of nitrogens with zero attached hydrogens (tertiary/aromatic N) is 4. The quantitative estimate of drug-likeness (QED) is 0.644. The topological polar surface area (TPSA) is 119 Å². The standard InChI is InChI=1S/C15H18N6O3/c1-10-9-24-7-6-20(10)12-4-2-11(3-5-12)18-15-17-8-13(21(22)23)14(16)19-15/h2-5,8,10H,6-7,9H2,1H3,(H3,16,17,18,19). The van der Waals surface area contributed by atoms with Gasteiger partial charge in [0, 0.05) is 24.0 Å². The molecule has 1 unspecified atom stereocenters. The molecule has 1 aliphatic heterocycles. The van der Waals surface area contributed by atoms with E-state index in [0.717, 1.165) is 37.3 Å². The number of hydrogen-bond donors (Lipinski definition) is 2. The van der Waals surface area contributed by atoms with Crippen molar-refractivity contribution in [3.8, 4) is 0 Å². The summed E-state index contributed by atoms with van der Waals surface area (Å²) in [5.41, 5.74) is 7.14. The second kappa shape index (κ2) is 6.67. The number of nitrogens with one attached hydrogen (secondary N) is 1. The predicted molar refractivity (Wildman–Crippen MR) is 90.5 cm³/mol. The third-order valence-electron chi connectivity index (χ3n) is 3.82. The van der Waals surface area contributed by atoms with Crippen molar-refractivity contribution >= 4 is 28.8 Å². The number of nitro groups is 1. The van der Waals surface area contributed by atoms with E-state index in [9.17, 15) is 10.1 Å². The Bertz CT molecular complexity index is 736. The van der Waals surface area contributed by atoms with Gasteiger partial charge in [-0.2, -0.15) is 4.98 Å². The number of ether oxygens (including phenoxy) is 1. The van der Waals surface area contributed by atoms with Crippen LogP contribution in [0.15, 0.2) is 30.5 Å². The fourth-order valence-electron chi connectivity index (χ4n) is 2.57. The number of hydrogen-bond acceptors (Lipinski definition) is 8. The van der Waals surface area contributed by atoms with Crippen LogP contribution < -0.4 is 16.0 Å². The lowest BCUT2D eigenvalue weighted by Crippen LogP contribution is -2.43. The van der Waals surface area contributed by atoms with E-state index in [2.05, 4.69) is 27.1 Å². The van der Waals surface area contributed by atoms with E-state index in [1.807, 2.05) is 24.3 Å². The van der Waals surface area contributed by atoms with Crippen molar-refractivity contribution < 1.29 is 9.66 Å². The summed E-state index contributed by atoms with van der Waals surface area (Å²) in [6.07, 6.45) is 1.09. The zero-order valence-corrected chi connectivity index (χ0v) is 13.2. The van der Waals surface area contributed by atoms with Crippen molar-refractivity contribution in [1.82, 2.24) is 9.97 Å². The van der Waals surface area contributed by atoms with Gasteiger partial charge in [-0.05, 0) is 31.2 Å². The Morgan fingerprint density at radius 2 is 2.17 bits per heavy atom. The Hall–Kier alpha value is -2.94. The van der Waals surface area contributed by atoms with Gasteiger partial charge in [-0.3, -0.25) is 10.1 Å². The lowest BCUT2D eigenvalue weighted by Gasteiger charge is -2.35. The molecule has 1 saturated heterocycles. The summed E-state index contributed by atoms with van der Waals surface area (Å²) in [5.74, 6) is 0.0434. The number of aromatic nitrogens is 2. The van der Waals surface area contributed by atoms with E-state index in [4.69, 9.17) is 10.5 Å². The Balaban J connectivity index is 1.72. The highest BCUT2D eigenvalue weighted by Crippen LogP contribution is 2.24. The maximum Gasteiger partial charge on any atom is 0.329 e. The lowest BCUT2D eigenvalue weighted by atomic mass is 10.2. The summed E-state index contributed by atoms with van der Waals surface area (Å²) in [6, 6.07) is 8.13. The first-order valence-electron chi connectivity index (χ1n) is 7.53. The SMILES string of the molecule is CC1COCCN1c1ccc(Nc2ncc([N+](=O)[O-])c(N)n2)cc1. The van der Waals surface area contributed by atoms with Crippen molar-refractivity contribution in [2.24, 2.45) is 0 Å². The van der Waals surface area contributed by atoms with Crippen LogP contribution in [-0.2, 0) is 4.74 Å². The minimum Gasteiger partial charge on any atom is -0.378 e. The molecule has 9 nitrogen and oxygen atoms in total. The molecule has 24 heavy (non-hydrogen) atoms. The van der Waals surface area contributed by atoms with Gasteiger partial charge in [0.1, 0.15) is 6.20 Å². The predicted octanol–water partition coefficient (Wildman–Crippen LogP) is 1.94. The summed E-state index contributed by atoms with van der Waals surface area (Å²) in [4.78, 5) is 20.2. The van der Waals surface area contributed by atoms with Crippen LogP contribution in [0.25, 0.3) is 0 Å². The van der Waals surface area contributed by atoms with Gasteiger partial charge in [0.2, 0.25) is 11.8 Å². The highest BCUT2D eigenvalue weighted by Gasteiger charge is 2.19. The average molecular weight is 330 g/mol. The van der Waals surface area contributed by atoms with Gasteiger partial charge in [-0.25, -0.2) is 4.98 Å². The molecule has 3 rings (SSSR count). The molecule has 1 aromatic heterocycles. The van der Waals surface area contributed by atoms with Crippen molar-refractivity contribution in [2.45, 2.75) is 13.0 Å². The molecule has 9 heteroatoms. The molecule has 1 fully saturated rings. The Morgan fingerprint density at radius 1 is 1.42 bits per heavy atom. The first-order chi connectivity index (χ1) is 11.5. The van der Waals surface area contributed by atoms with Crippen molar-refractivity contribution in [1.29, 1.82) is 0 Å². The zero-order chi connectivity index (χ0) is 17.1. The summed E-state index contributed by atoms with van der Waals surface area (Å²) in [7, 11) is 0. The summed E-state index contributed by atoms with van der Waals surface area (Å²) in [6.45, 7) is 4.42. The average Bonchev–Trinajstić information content (AvgIpc) is 2.56. The highest BCUT2D eigenvalue weighted by molar-refractivity contribution is 5.62. The largest absolute Gasteiger partial charge is 0.378 e. The van der Waals surface area contributed by atoms with Crippen LogP contribution in [0.5, 0.6) is 0 Å². The first kappa shape index (κ1) is 15.9. The molecule has 0 amide bonds. The van der Waals surface area contributed by atoms with Gasteiger partial charge in [0.15, 0.2) is 0 Å². The summed E-state index contributed by atoms with van der Waals surface area (Å²) < 4.78 is 5.44. The van der Waals surface area contributed by atoms with Crippen molar-refractivity contribution in [3.05, 3.63) is 40.6 Å². The van der Waals surface area contributed by atoms with Gasteiger partial charge in [-0.1, -0.05) is 0 Å². The van der Waals surface area contributed by atoms with Crippen LogP contribution in [0, 0.1) is 10.1 Å². The Labute approximate surface area is 138 Å². The molecule has 0 bridgehead atoms. The van der Waals surface area contributed by atoms with E-state index in [1.54, 1.807) is 0 Å². The fourth-order valence-corrected chi connectivity index (χ4v) is 2.57. The van der Waals surface area contributed by atoms with Crippen molar-refractivity contribution in [2.75, 3.05) is 35.7 Å². The Morgan fingerprint density at radius 3 is 2.79 bits per heavy atom. The smallest absolute Gasteiger partial charge is 0.329 e. The second-order valence-corrected chi connectivity index (χ2v) is 5.51. The van der Waals surface area contributed by atoms with Crippen LogP contribution in [0.3, 0.4) is 0 Å². The molecular formula is C15H18N6O3. The van der Waals surface area contributed by atoms with Crippen LogP contribution in [0.4, 0.5) is 28.8 Å². The maximum absolute atomic E-state index is 10.7. The molecular weight excluding hydrogens is 312 g/mol. The number of anilines is 4. The number of morpholine rings is 1. The van der Waals surface area contributed by atoms with E-state index in [-0.39, 0.29) is 17.5 Å². The molecule has 1 aliphatic rings. The monoisotopic (exact) mass is 330 g/mol. The van der Waals surface area contributed by atoms with Gasteiger partial charge in [0.05, 0.1) is 18.1 Å². The maximum atomic E-state index is 10.7. The molecule has 2 heterocycles. The second-order valence-electron chi connectivity index (χ2n) is 5.51. The molecule has 2 aromatic rings. The van der Waals surface area contributed by atoms with Crippen LogP contribution in [0.1, 0.15) is 6.92 Å². The molecule has 1 atom stereocenters. The van der Waals surface area contributed by atoms with Crippen molar-refractivity contribution in [3.63, 3.8) is 0 Å².